The Morgan fingerprint density at radius 1 is 1.00 bits per heavy atom. The van der Waals surface area contributed by atoms with E-state index in [1.165, 1.54) is 32.4 Å². The highest BCUT2D eigenvalue weighted by Gasteiger charge is 2.19. The van der Waals surface area contributed by atoms with E-state index in [-0.39, 0.29) is 10.9 Å². The van der Waals surface area contributed by atoms with Crippen molar-refractivity contribution < 1.29 is 13.9 Å². The van der Waals surface area contributed by atoms with E-state index in [0.717, 1.165) is 0 Å². The maximum absolute atomic E-state index is 12.9. The Bertz CT molecular complexity index is 698. The summed E-state index contributed by atoms with van der Waals surface area (Å²) in [5.74, 6) is 0.353. The van der Waals surface area contributed by atoms with Crippen LogP contribution in [0.15, 0.2) is 30.3 Å². The third-order valence-corrected chi connectivity index (χ3v) is 3.66. The fourth-order valence-electron chi connectivity index (χ4n) is 1.91. The highest BCUT2D eigenvalue weighted by Crippen LogP contribution is 2.45. The van der Waals surface area contributed by atoms with Crippen LogP contribution in [0.5, 0.6) is 11.5 Å². The first kappa shape index (κ1) is 17.6. The van der Waals surface area contributed by atoms with Crippen LogP contribution in [0.4, 0.5) is 15.8 Å². The van der Waals surface area contributed by atoms with Gasteiger partial charge in [0.2, 0.25) is 0 Å². The quantitative estimate of drug-likeness (QED) is 0.740. The molecule has 0 heterocycles. The summed E-state index contributed by atoms with van der Waals surface area (Å²) in [6.07, 6.45) is 0. The second-order valence-corrected chi connectivity index (χ2v) is 5.59. The van der Waals surface area contributed by atoms with Gasteiger partial charge in [0.05, 0.1) is 24.3 Å². The summed E-state index contributed by atoms with van der Waals surface area (Å²) in [7, 11) is 2.94. The Morgan fingerprint density at radius 3 is 2.00 bits per heavy atom. The van der Waals surface area contributed by atoms with Gasteiger partial charge >= 0.3 is 0 Å². The molecular weight excluding hydrogens is 362 g/mol. The molecule has 8 heteroatoms. The molecule has 0 spiro atoms. The molecule has 0 aliphatic rings. The lowest BCUT2D eigenvalue weighted by Gasteiger charge is -2.18. The molecule has 0 fully saturated rings. The molecule has 0 saturated heterocycles. The van der Waals surface area contributed by atoms with Gasteiger partial charge in [-0.1, -0.05) is 23.2 Å². The molecule has 0 aromatic heterocycles. The van der Waals surface area contributed by atoms with Crippen LogP contribution in [-0.2, 0) is 0 Å². The zero-order valence-electron chi connectivity index (χ0n) is 12.2. The Labute approximate surface area is 148 Å². The van der Waals surface area contributed by atoms with Crippen molar-refractivity contribution in [2.75, 3.05) is 24.9 Å². The van der Waals surface area contributed by atoms with Crippen molar-refractivity contribution in [1.29, 1.82) is 0 Å². The minimum atomic E-state index is -0.334. The van der Waals surface area contributed by atoms with E-state index < -0.39 is 0 Å². The second-order valence-electron chi connectivity index (χ2n) is 4.37. The van der Waals surface area contributed by atoms with E-state index in [9.17, 15) is 4.39 Å². The zero-order valence-corrected chi connectivity index (χ0v) is 14.6. The molecule has 2 aromatic rings. The van der Waals surface area contributed by atoms with Gasteiger partial charge in [0, 0.05) is 5.69 Å². The lowest BCUT2D eigenvalue weighted by atomic mass is 10.2. The standard InChI is InChI=1S/C15H13Cl2FN2O2S/c1-21-13-10(16)7-11(17)14(22-2)12(13)20-15(23)19-9-5-3-8(18)4-6-9/h3-7H,1-2H3,(H2,19,20,23). The fraction of sp³-hybridized carbons (Fsp3) is 0.133. The number of halogens is 3. The molecule has 2 N–H and O–H groups in total. The maximum Gasteiger partial charge on any atom is 0.175 e. The van der Waals surface area contributed by atoms with Crippen LogP contribution < -0.4 is 20.1 Å². The first-order chi connectivity index (χ1) is 11.0. The van der Waals surface area contributed by atoms with E-state index in [1.54, 1.807) is 12.1 Å². The molecule has 0 amide bonds. The third-order valence-electron chi connectivity index (χ3n) is 2.89. The van der Waals surface area contributed by atoms with E-state index in [2.05, 4.69) is 10.6 Å². The normalized spacial score (nSPS) is 10.1. The molecule has 23 heavy (non-hydrogen) atoms. The lowest BCUT2D eigenvalue weighted by Crippen LogP contribution is -2.20. The Morgan fingerprint density at radius 2 is 1.52 bits per heavy atom. The molecule has 0 atom stereocenters. The Kier molecular flexibility index (Phi) is 5.87. The zero-order chi connectivity index (χ0) is 17.0. The van der Waals surface area contributed by atoms with Gasteiger partial charge in [-0.2, -0.15) is 0 Å². The highest BCUT2D eigenvalue weighted by molar-refractivity contribution is 7.80. The predicted octanol–water partition coefficient (Wildman–Crippen LogP) is 4.96. The SMILES string of the molecule is COc1c(Cl)cc(Cl)c(OC)c1NC(=S)Nc1ccc(F)cc1. The number of benzene rings is 2. The summed E-state index contributed by atoms with van der Waals surface area (Å²) >= 11 is 17.5. The predicted molar refractivity (Wildman–Crippen MR) is 95.8 cm³/mol. The van der Waals surface area contributed by atoms with Crippen LogP contribution in [-0.4, -0.2) is 19.3 Å². The number of hydrogen-bond acceptors (Lipinski definition) is 3. The van der Waals surface area contributed by atoms with Crippen molar-refractivity contribution in [2.24, 2.45) is 0 Å². The number of anilines is 2. The largest absolute Gasteiger partial charge is 0.493 e. The van der Waals surface area contributed by atoms with Gasteiger partial charge in [-0.15, -0.1) is 0 Å². The molecule has 4 nitrogen and oxygen atoms in total. The summed E-state index contributed by atoms with van der Waals surface area (Å²) in [5.41, 5.74) is 1.02. The summed E-state index contributed by atoms with van der Waals surface area (Å²) in [6.45, 7) is 0. The first-order valence-corrected chi connectivity index (χ1v) is 7.56. The summed E-state index contributed by atoms with van der Waals surface area (Å²) < 4.78 is 23.5. The van der Waals surface area contributed by atoms with Crippen LogP contribution in [0.25, 0.3) is 0 Å². The number of ether oxygens (including phenoxy) is 2. The molecule has 0 aliphatic carbocycles. The van der Waals surface area contributed by atoms with E-state index >= 15 is 0 Å². The fourth-order valence-corrected chi connectivity index (χ4v) is 2.74. The molecule has 0 aliphatic heterocycles. The number of rotatable bonds is 4. The average Bonchev–Trinajstić information content (AvgIpc) is 2.50. The smallest absolute Gasteiger partial charge is 0.175 e. The number of methoxy groups -OCH3 is 2. The summed E-state index contributed by atoms with van der Waals surface area (Å²) in [5, 5.41) is 6.71. The first-order valence-electron chi connectivity index (χ1n) is 6.39. The van der Waals surface area contributed by atoms with Crippen molar-refractivity contribution in [3.63, 3.8) is 0 Å². The molecular formula is C15H13Cl2FN2O2S. The molecule has 0 saturated carbocycles. The topological polar surface area (TPSA) is 42.5 Å². The second kappa shape index (κ2) is 7.68. The maximum atomic E-state index is 12.9. The lowest BCUT2D eigenvalue weighted by molar-refractivity contribution is 0.398. The van der Waals surface area contributed by atoms with Crippen molar-refractivity contribution in [3.8, 4) is 11.5 Å². The third kappa shape index (κ3) is 4.16. The molecule has 0 bridgehead atoms. The Balaban J connectivity index is 2.27. The molecule has 122 valence electrons. The van der Waals surface area contributed by atoms with Gasteiger partial charge in [0.1, 0.15) is 11.5 Å². The number of thiocarbonyl (C=S) groups is 1. The van der Waals surface area contributed by atoms with Crippen molar-refractivity contribution in [1.82, 2.24) is 0 Å². The Hall–Kier alpha value is -1.76. The average molecular weight is 375 g/mol. The monoisotopic (exact) mass is 374 g/mol. The minimum Gasteiger partial charge on any atom is -0.493 e. The molecule has 2 aromatic carbocycles. The van der Waals surface area contributed by atoms with Gasteiger partial charge in [0.25, 0.3) is 0 Å². The number of hydrogen-bond donors (Lipinski definition) is 2. The van der Waals surface area contributed by atoms with Gasteiger partial charge in [0.15, 0.2) is 16.6 Å². The molecule has 2 rings (SSSR count). The van der Waals surface area contributed by atoms with Crippen molar-refractivity contribution in [2.45, 2.75) is 0 Å². The van der Waals surface area contributed by atoms with Gasteiger partial charge in [-0.3, -0.25) is 0 Å². The van der Waals surface area contributed by atoms with Crippen LogP contribution in [0, 0.1) is 5.82 Å². The van der Waals surface area contributed by atoms with Gasteiger partial charge < -0.3 is 20.1 Å². The summed E-state index contributed by atoms with van der Waals surface area (Å²) in [6, 6.07) is 7.28. The highest BCUT2D eigenvalue weighted by atomic mass is 35.5. The van der Waals surface area contributed by atoms with Crippen molar-refractivity contribution in [3.05, 3.63) is 46.2 Å². The van der Waals surface area contributed by atoms with E-state index in [4.69, 9.17) is 44.9 Å². The van der Waals surface area contributed by atoms with Crippen LogP contribution in [0.1, 0.15) is 0 Å². The number of nitrogens with one attached hydrogen (secondary N) is 2. The van der Waals surface area contributed by atoms with Crippen LogP contribution >= 0.6 is 35.4 Å². The van der Waals surface area contributed by atoms with E-state index in [1.807, 2.05) is 0 Å². The van der Waals surface area contributed by atoms with E-state index in [0.29, 0.717) is 32.9 Å². The van der Waals surface area contributed by atoms with Crippen molar-refractivity contribution >= 4 is 51.9 Å². The molecule has 0 radical (unpaired) electrons. The summed E-state index contributed by atoms with van der Waals surface area (Å²) in [4.78, 5) is 0. The van der Waals surface area contributed by atoms with Crippen LogP contribution in [0.3, 0.4) is 0 Å². The molecule has 0 unspecified atom stereocenters. The van der Waals surface area contributed by atoms with Crippen LogP contribution in [0.2, 0.25) is 10.0 Å². The van der Waals surface area contributed by atoms with Gasteiger partial charge in [-0.05, 0) is 42.5 Å². The van der Waals surface area contributed by atoms with Gasteiger partial charge in [-0.25, -0.2) is 4.39 Å². The minimum absolute atomic E-state index is 0.242.